The van der Waals surface area contributed by atoms with E-state index in [2.05, 4.69) is 9.88 Å². The zero-order valence-corrected chi connectivity index (χ0v) is 22.5. The van der Waals surface area contributed by atoms with Crippen LogP contribution in [-0.2, 0) is 17.9 Å². The molecule has 1 amide bonds. The van der Waals surface area contributed by atoms with E-state index in [1.165, 1.54) is 6.92 Å². The highest BCUT2D eigenvalue weighted by Gasteiger charge is 2.37. The van der Waals surface area contributed by atoms with Crippen LogP contribution >= 0.6 is 0 Å². The zero-order valence-electron chi connectivity index (χ0n) is 22.5. The van der Waals surface area contributed by atoms with Gasteiger partial charge in [-0.2, -0.15) is 0 Å². The topological polar surface area (TPSA) is 89.3 Å². The smallest absolute Gasteiger partial charge is 0.219 e. The van der Waals surface area contributed by atoms with Gasteiger partial charge in [0.15, 0.2) is 11.5 Å². The fourth-order valence-corrected chi connectivity index (χ4v) is 4.63. The first-order chi connectivity index (χ1) is 18.3. The van der Waals surface area contributed by atoms with Crippen molar-refractivity contribution in [1.29, 1.82) is 0 Å². The fraction of sp³-hybridized carbons (Fsp3) is 0.448. The molecule has 0 radical (unpaired) electrons. The third-order valence-electron chi connectivity index (χ3n) is 6.67. The van der Waals surface area contributed by atoms with Gasteiger partial charge in [0.1, 0.15) is 18.0 Å². The molecule has 1 fully saturated rings. The standard InChI is InChI=1S/C29H38N4O5/c1-23-5-8-26(9-6-23)38-21-29(35)19-32(14-15-33(20-29)24(2)34)18-25-7-10-27(36-3)28(17-25)37-16-4-12-31-13-11-30-22-31/h5-11,13,17,22,35H,4,12,14-16,18-21H2,1-3H3. The minimum absolute atomic E-state index is 0.0589. The average Bonchev–Trinajstić information content (AvgIpc) is 3.36. The Kier molecular flexibility index (Phi) is 9.25. The molecule has 1 unspecified atom stereocenters. The van der Waals surface area contributed by atoms with Crippen molar-refractivity contribution in [3.05, 3.63) is 72.3 Å². The van der Waals surface area contributed by atoms with Crippen LogP contribution in [0.15, 0.2) is 61.2 Å². The Morgan fingerprint density at radius 1 is 1.08 bits per heavy atom. The van der Waals surface area contributed by atoms with Crippen molar-refractivity contribution in [2.24, 2.45) is 0 Å². The van der Waals surface area contributed by atoms with Crippen molar-refractivity contribution in [2.45, 2.75) is 39.0 Å². The summed E-state index contributed by atoms with van der Waals surface area (Å²) in [7, 11) is 1.63. The molecule has 4 rings (SSSR count). The molecule has 204 valence electrons. The summed E-state index contributed by atoms with van der Waals surface area (Å²) in [4.78, 5) is 20.2. The van der Waals surface area contributed by atoms with E-state index in [0.717, 1.165) is 24.1 Å². The van der Waals surface area contributed by atoms with Crippen LogP contribution in [-0.4, -0.2) is 82.5 Å². The minimum atomic E-state index is -1.22. The lowest BCUT2D eigenvalue weighted by Gasteiger charge is -2.32. The number of imidazole rings is 1. The number of hydrogen-bond donors (Lipinski definition) is 1. The largest absolute Gasteiger partial charge is 0.493 e. The zero-order chi connectivity index (χ0) is 27.0. The van der Waals surface area contributed by atoms with E-state index in [4.69, 9.17) is 14.2 Å². The van der Waals surface area contributed by atoms with Gasteiger partial charge in [-0.25, -0.2) is 4.98 Å². The summed E-state index contributed by atoms with van der Waals surface area (Å²) in [5.74, 6) is 2.00. The monoisotopic (exact) mass is 522 g/mol. The molecule has 1 aliphatic heterocycles. The lowest BCUT2D eigenvalue weighted by molar-refractivity contribution is -0.132. The van der Waals surface area contributed by atoms with Gasteiger partial charge in [0.05, 0.1) is 26.6 Å². The molecule has 1 saturated heterocycles. The maximum Gasteiger partial charge on any atom is 0.219 e. The van der Waals surface area contributed by atoms with Crippen molar-refractivity contribution in [1.82, 2.24) is 19.4 Å². The highest BCUT2D eigenvalue weighted by atomic mass is 16.5. The van der Waals surface area contributed by atoms with E-state index < -0.39 is 5.60 Å². The molecule has 2 aromatic carbocycles. The number of methoxy groups -OCH3 is 1. The molecule has 0 aliphatic carbocycles. The van der Waals surface area contributed by atoms with Gasteiger partial charge in [-0.1, -0.05) is 23.8 Å². The number of β-amino-alcohol motifs (C(OH)–C–C–N with tert-alkyl or cyclic N) is 1. The number of aryl methyl sites for hydroxylation is 2. The third kappa shape index (κ3) is 7.72. The van der Waals surface area contributed by atoms with Crippen LogP contribution in [0.1, 0.15) is 24.5 Å². The summed E-state index contributed by atoms with van der Waals surface area (Å²) >= 11 is 0. The summed E-state index contributed by atoms with van der Waals surface area (Å²) in [6.07, 6.45) is 6.33. The number of nitrogens with zero attached hydrogens (tertiary/aromatic N) is 4. The van der Waals surface area contributed by atoms with Crippen LogP contribution in [0.4, 0.5) is 0 Å². The SMILES string of the molecule is COc1ccc(CN2CCN(C(C)=O)CC(O)(COc3ccc(C)cc3)C2)cc1OCCCn1ccnc1. The average molecular weight is 523 g/mol. The molecule has 9 nitrogen and oxygen atoms in total. The Labute approximate surface area is 224 Å². The molecule has 2 heterocycles. The van der Waals surface area contributed by atoms with Crippen LogP contribution < -0.4 is 14.2 Å². The maximum absolute atomic E-state index is 12.3. The first-order valence-corrected chi connectivity index (χ1v) is 13.0. The van der Waals surface area contributed by atoms with E-state index in [1.54, 1.807) is 24.5 Å². The number of rotatable bonds is 11. The van der Waals surface area contributed by atoms with Crippen LogP contribution in [0.25, 0.3) is 0 Å². The minimum Gasteiger partial charge on any atom is -0.493 e. The molecule has 0 spiro atoms. The molecule has 9 heteroatoms. The number of ether oxygens (including phenoxy) is 3. The van der Waals surface area contributed by atoms with Crippen molar-refractivity contribution < 1.29 is 24.1 Å². The number of aromatic nitrogens is 2. The van der Waals surface area contributed by atoms with Crippen molar-refractivity contribution in [3.8, 4) is 17.2 Å². The Morgan fingerprint density at radius 3 is 2.61 bits per heavy atom. The molecule has 38 heavy (non-hydrogen) atoms. The highest BCUT2D eigenvalue weighted by molar-refractivity contribution is 5.73. The van der Waals surface area contributed by atoms with Gasteiger partial charge in [-0.05, 0) is 43.2 Å². The second kappa shape index (κ2) is 12.8. The summed E-state index contributed by atoms with van der Waals surface area (Å²) in [6, 6.07) is 13.6. The lowest BCUT2D eigenvalue weighted by atomic mass is 10.0. The summed E-state index contributed by atoms with van der Waals surface area (Å²) in [5.41, 5.74) is 0.959. The number of carbonyl (C=O) groups is 1. The van der Waals surface area contributed by atoms with E-state index in [1.807, 2.05) is 60.2 Å². The van der Waals surface area contributed by atoms with Gasteiger partial charge in [0, 0.05) is 52.0 Å². The van der Waals surface area contributed by atoms with Crippen molar-refractivity contribution in [2.75, 3.05) is 46.5 Å². The van der Waals surface area contributed by atoms with E-state index in [9.17, 15) is 9.90 Å². The Bertz CT molecular complexity index is 1170. The van der Waals surface area contributed by atoms with Gasteiger partial charge in [0.25, 0.3) is 0 Å². The van der Waals surface area contributed by atoms with Gasteiger partial charge >= 0.3 is 0 Å². The first kappa shape index (κ1) is 27.5. The molecular formula is C29H38N4O5. The first-order valence-electron chi connectivity index (χ1n) is 13.0. The van der Waals surface area contributed by atoms with Gasteiger partial charge in [-0.3, -0.25) is 9.69 Å². The number of hydrogen-bond acceptors (Lipinski definition) is 7. The van der Waals surface area contributed by atoms with E-state index >= 15 is 0 Å². The molecule has 1 N–H and O–H groups in total. The molecule has 0 bridgehead atoms. The van der Waals surface area contributed by atoms with Gasteiger partial charge < -0.3 is 28.8 Å². The summed E-state index contributed by atoms with van der Waals surface area (Å²) < 4.78 is 19.6. The highest BCUT2D eigenvalue weighted by Crippen LogP contribution is 2.29. The summed E-state index contributed by atoms with van der Waals surface area (Å²) in [5, 5.41) is 11.6. The number of amides is 1. The lowest BCUT2D eigenvalue weighted by Crippen LogP contribution is -2.51. The van der Waals surface area contributed by atoms with Gasteiger partial charge in [-0.15, -0.1) is 0 Å². The number of carbonyl (C=O) groups excluding carboxylic acids is 1. The van der Waals surface area contributed by atoms with Gasteiger partial charge in [0.2, 0.25) is 5.91 Å². The Morgan fingerprint density at radius 2 is 1.89 bits per heavy atom. The Balaban J connectivity index is 1.41. The Hall–Kier alpha value is -3.56. The molecule has 1 atom stereocenters. The predicted molar refractivity (Wildman–Crippen MR) is 144 cm³/mol. The van der Waals surface area contributed by atoms with Crippen molar-refractivity contribution in [3.63, 3.8) is 0 Å². The predicted octanol–water partition coefficient (Wildman–Crippen LogP) is 3.14. The number of benzene rings is 2. The molecule has 0 saturated carbocycles. The molecule has 3 aromatic rings. The molecular weight excluding hydrogens is 484 g/mol. The van der Waals surface area contributed by atoms with Crippen LogP contribution in [0.2, 0.25) is 0 Å². The van der Waals surface area contributed by atoms with E-state index in [0.29, 0.717) is 50.0 Å². The van der Waals surface area contributed by atoms with Crippen LogP contribution in [0.3, 0.4) is 0 Å². The number of aliphatic hydroxyl groups is 1. The third-order valence-corrected chi connectivity index (χ3v) is 6.67. The fourth-order valence-electron chi connectivity index (χ4n) is 4.63. The van der Waals surface area contributed by atoms with E-state index in [-0.39, 0.29) is 19.1 Å². The quantitative estimate of drug-likeness (QED) is 0.387. The molecule has 1 aromatic heterocycles. The van der Waals surface area contributed by atoms with Crippen LogP contribution in [0.5, 0.6) is 17.2 Å². The van der Waals surface area contributed by atoms with Crippen molar-refractivity contribution >= 4 is 5.91 Å². The normalized spacial score (nSPS) is 18.2. The summed E-state index contributed by atoms with van der Waals surface area (Å²) in [6.45, 7) is 7.37. The second-order valence-corrected chi connectivity index (χ2v) is 9.97. The van der Waals surface area contributed by atoms with Crippen LogP contribution in [0, 0.1) is 6.92 Å². The molecule has 1 aliphatic rings. The second-order valence-electron chi connectivity index (χ2n) is 9.97. The maximum atomic E-state index is 12.3.